The van der Waals surface area contributed by atoms with E-state index in [0.29, 0.717) is 5.92 Å². The van der Waals surface area contributed by atoms with Crippen LogP contribution >= 0.6 is 11.6 Å². The van der Waals surface area contributed by atoms with Gasteiger partial charge in [-0.2, -0.15) is 0 Å². The zero-order valence-electron chi connectivity index (χ0n) is 8.22. The summed E-state index contributed by atoms with van der Waals surface area (Å²) in [6.45, 7) is 4.94. The Morgan fingerprint density at radius 3 is 2.79 bits per heavy atom. The molecule has 1 aliphatic rings. The largest absolute Gasteiger partial charge is 0.493 e. The van der Waals surface area contributed by atoms with Crippen LogP contribution in [0.1, 0.15) is 5.56 Å². The van der Waals surface area contributed by atoms with Crippen molar-refractivity contribution in [2.45, 2.75) is 6.92 Å². The molecular formula is C11H14ClNO. The van der Waals surface area contributed by atoms with Crippen LogP contribution in [0.25, 0.3) is 0 Å². The molecule has 0 amide bonds. The highest BCUT2D eigenvalue weighted by Crippen LogP contribution is 2.21. The van der Waals surface area contributed by atoms with Crippen molar-refractivity contribution in [1.82, 2.24) is 5.32 Å². The van der Waals surface area contributed by atoms with E-state index in [0.717, 1.165) is 36.0 Å². The Hall–Kier alpha value is -0.730. The Labute approximate surface area is 89.2 Å². The molecule has 3 heteroatoms. The van der Waals surface area contributed by atoms with E-state index in [9.17, 15) is 0 Å². The lowest BCUT2D eigenvalue weighted by Crippen LogP contribution is -2.45. The molecule has 1 fully saturated rings. The third kappa shape index (κ3) is 2.40. The monoisotopic (exact) mass is 211 g/mol. The molecule has 0 spiro atoms. The molecule has 0 aromatic heterocycles. The highest BCUT2D eigenvalue weighted by molar-refractivity contribution is 6.30. The molecule has 0 saturated carbocycles. The third-order valence-electron chi connectivity index (χ3n) is 2.37. The lowest BCUT2D eigenvalue weighted by atomic mass is 10.1. The summed E-state index contributed by atoms with van der Waals surface area (Å²) in [5.41, 5.74) is 1.14. The normalized spacial score (nSPS) is 16.4. The molecule has 2 nitrogen and oxygen atoms in total. The molecule has 2 rings (SSSR count). The van der Waals surface area contributed by atoms with E-state index in [4.69, 9.17) is 16.3 Å². The summed E-state index contributed by atoms with van der Waals surface area (Å²) in [7, 11) is 0. The van der Waals surface area contributed by atoms with Gasteiger partial charge in [0.25, 0.3) is 0 Å². The van der Waals surface area contributed by atoms with E-state index in [1.807, 2.05) is 25.1 Å². The molecule has 0 radical (unpaired) electrons. The maximum absolute atomic E-state index is 5.92. The van der Waals surface area contributed by atoms with Gasteiger partial charge in [0.15, 0.2) is 0 Å². The second kappa shape index (κ2) is 4.20. The number of hydrogen-bond acceptors (Lipinski definition) is 2. The Morgan fingerprint density at radius 1 is 1.43 bits per heavy atom. The maximum Gasteiger partial charge on any atom is 0.121 e. The second-order valence-electron chi connectivity index (χ2n) is 3.80. The predicted molar refractivity (Wildman–Crippen MR) is 58.0 cm³/mol. The summed E-state index contributed by atoms with van der Waals surface area (Å²) in [6, 6.07) is 5.80. The van der Waals surface area contributed by atoms with Gasteiger partial charge in [0.1, 0.15) is 5.75 Å². The highest BCUT2D eigenvalue weighted by Gasteiger charge is 2.17. The first kappa shape index (κ1) is 9.81. The van der Waals surface area contributed by atoms with Gasteiger partial charge in [-0.05, 0) is 30.7 Å². The Morgan fingerprint density at radius 2 is 2.21 bits per heavy atom. The zero-order valence-corrected chi connectivity index (χ0v) is 8.97. The molecular weight excluding hydrogens is 198 g/mol. The van der Waals surface area contributed by atoms with Gasteiger partial charge in [-0.25, -0.2) is 0 Å². The van der Waals surface area contributed by atoms with Gasteiger partial charge in [-0.1, -0.05) is 11.6 Å². The van der Waals surface area contributed by atoms with E-state index in [1.165, 1.54) is 0 Å². The Kier molecular flexibility index (Phi) is 2.94. The first-order valence-electron chi connectivity index (χ1n) is 4.85. The zero-order chi connectivity index (χ0) is 9.97. The van der Waals surface area contributed by atoms with Crippen LogP contribution in [0.5, 0.6) is 5.75 Å². The van der Waals surface area contributed by atoms with Crippen molar-refractivity contribution < 1.29 is 4.74 Å². The topological polar surface area (TPSA) is 21.3 Å². The number of halogens is 1. The molecule has 1 heterocycles. The molecule has 1 aromatic carbocycles. The number of nitrogens with one attached hydrogen (secondary N) is 1. The fourth-order valence-electron chi connectivity index (χ4n) is 1.47. The number of benzene rings is 1. The van der Waals surface area contributed by atoms with Gasteiger partial charge in [0, 0.05) is 24.0 Å². The van der Waals surface area contributed by atoms with Crippen LogP contribution in [0.4, 0.5) is 0 Å². The number of rotatable bonds is 3. The minimum Gasteiger partial charge on any atom is -0.493 e. The lowest BCUT2D eigenvalue weighted by molar-refractivity contribution is 0.199. The van der Waals surface area contributed by atoms with Crippen LogP contribution in [0, 0.1) is 12.8 Å². The molecule has 1 N–H and O–H groups in total. The summed E-state index contributed by atoms with van der Waals surface area (Å²) in [5, 5.41) is 3.96. The van der Waals surface area contributed by atoms with Gasteiger partial charge < -0.3 is 10.1 Å². The third-order valence-corrected chi connectivity index (χ3v) is 2.59. The summed E-state index contributed by atoms with van der Waals surface area (Å²) < 4.78 is 5.65. The number of hydrogen-bond donors (Lipinski definition) is 1. The minimum absolute atomic E-state index is 0.661. The van der Waals surface area contributed by atoms with Crippen molar-refractivity contribution in [3.05, 3.63) is 28.8 Å². The molecule has 1 saturated heterocycles. The minimum atomic E-state index is 0.661. The van der Waals surface area contributed by atoms with Crippen molar-refractivity contribution in [3.63, 3.8) is 0 Å². The molecule has 0 unspecified atom stereocenters. The number of aryl methyl sites for hydroxylation is 1. The highest BCUT2D eigenvalue weighted by atomic mass is 35.5. The summed E-state index contributed by atoms with van der Waals surface area (Å²) in [5.74, 6) is 1.54. The fourth-order valence-corrected chi connectivity index (χ4v) is 1.75. The molecule has 1 aliphatic heterocycles. The van der Waals surface area contributed by atoms with Gasteiger partial charge in [0.05, 0.1) is 6.61 Å². The molecule has 1 aromatic rings. The maximum atomic E-state index is 5.92. The number of ether oxygens (including phenoxy) is 1. The van der Waals surface area contributed by atoms with Crippen molar-refractivity contribution in [3.8, 4) is 5.75 Å². The van der Waals surface area contributed by atoms with Crippen LogP contribution in [0.2, 0.25) is 5.02 Å². The van der Waals surface area contributed by atoms with E-state index >= 15 is 0 Å². The van der Waals surface area contributed by atoms with Crippen molar-refractivity contribution >= 4 is 11.6 Å². The smallest absolute Gasteiger partial charge is 0.121 e. The van der Waals surface area contributed by atoms with E-state index in [-0.39, 0.29) is 0 Å². The van der Waals surface area contributed by atoms with Gasteiger partial charge in [0.2, 0.25) is 0 Å². The van der Waals surface area contributed by atoms with Gasteiger partial charge in [-0.15, -0.1) is 0 Å². The Bertz CT molecular complexity index is 303. The van der Waals surface area contributed by atoms with Crippen molar-refractivity contribution in [2.75, 3.05) is 19.7 Å². The summed E-state index contributed by atoms with van der Waals surface area (Å²) in [4.78, 5) is 0. The van der Waals surface area contributed by atoms with Crippen LogP contribution in [-0.4, -0.2) is 19.7 Å². The first-order valence-corrected chi connectivity index (χ1v) is 5.22. The van der Waals surface area contributed by atoms with Gasteiger partial charge in [-0.3, -0.25) is 0 Å². The van der Waals surface area contributed by atoms with Gasteiger partial charge >= 0.3 is 0 Å². The van der Waals surface area contributed by atoms with Crippen LogP contribution < -0.4 is 10.1 Å². The van der Waals surface area contributed by atoms with E-state index < -0.39 is 0 Å². The summed E-state index contributed by atoms with van der Waals surface area (Å²) in [6.07, 6.45) is 0. The fraction of sp³-hybridized carbons (Fsp3) is 0.455. The van der Waals surface area contributed by atoms with Crippen LogP contribution in [0.3, 0.4) is 0 Å². The van der Waals surface area contributed by atoms with Crippen LogP contribution in [-0.2, 0) is 0 Å². The average Bonchev–Trinajstić information content (AvgIpc) is 1.99. The molecule has 0 aliphatic carbocycles. The van der Waals surface area contributed by atoms with E-state index in [2.05, 4.69) is 5.32 Å². The quantitative estimate of drug-likeness (QED) is 0.828. The van der Waals surface area contributed by atoms with Crippen molar-refractivity contribution in [2.24, 2.45) is 5.92 Å². The lowest BCUT2D eigenvalue weighted by Gasteiger charge is -2.26. The summed E-state index contributed by atoms with van der Waals surface area (Å²) >= 11 is 5.92. The van der Waals surface area contributed by atoms with E-state index in [1.54, 1.807) is 0 Å². The standard InChI is InChI=1S/C11H14ClNO/c1-8-2-10(12)4-11(3-8)14-7-9-5-13-6-9/h2-4,9,13H,5-7H2,1H3. The predicted octanol–water partition coefficient (Wildman–Crippen LogP) is 2.25. The van der Waals surface area contributed by atoms with Crippen molar-refractivity contribution in [1.29, 1.82) is 0 Å². The SMILES string of the molecule is Cc1cc(Cl)cc(OCC2CNC2)c1. The molecule has 0 atom stereocenters. The molecule has 0 bridgehead atoms. The van der Waals surface area contributed by atoms with Crippen LogP contribution in [0.15, 0.2) is 18.2 Å². The molecule has 76 valence electrons. The first-order chi connectivity index (χ1) is 6.74. The second-order valence-corrected chi connectivity index (χ2v) is 4.24. The Balaban J connectivity index is 1.94. The molecule has 14 heavy (non-hydrogen) atoms. The average molecular weight is 212 g/mol.